The van der Waals surface area contributed by atoms with Crippen LogP contribution < -0.4 is 9.47 Å². The molecule has 1 aromatic heterocycles. The molecule has 1 atom stereocenters. The number of fused-ring (bicyclic) bond motifs is 3. The van der Waals surface area contributed by atoms with Crippen molar-refractivity contribution in [3.63, 3.8) is 0 Å². The van der Waals surface area contributed by atoms with Crippen LogP contribution in [0.4, 0.5) is 0 Å². The highest BCUT2D eigenvalue weighted by molar-refractivity contribution is 6.09. The fraction of sp³-hybridized carbons (Fsp3) is 0.143. The van der Waals surface area contributed by atoms with Crippen molar-refractivity contribution in [3.05, 3.63) is 103 Å². The van der Waals surface area contributed by atoms with Crippen molar-refractivity contribution in [1.29, 1.82) is 0 Å². The minimum Gasteiger partial charge on any atom is -0.455 e. The maximum Gasteiger partial charge on any atom is 0.243 e. The van der Waals surface area contributed by atoms with Crippen LogP contribution in [0.1, 0.15) is 13.8 Å². The fourth-order valence-corrected chi connectivity index (χ4v) is 3.94. The number of para-hydroxylation sites is 3. The van der Waals surface area contributed by atoms with Crippen LogP contribution in [0.3, 0.4) is 0 Å². The van der Waals surface area contributed by atoms with Gasteiger partial charge in [0.05, 0.1) is 11.0 Å². The summed E-state index contributed by atoms with van der Waals surface area (Å²) in [5.41, 5.74) is 3.50. The molecule has 0 N–H and O–H groups in total. The molecule has 3 heteroatoms. The maximum absolute atomic E-state index is 6.20. The van der Waals surface area contributed by atoms with E-state index in [1.807, 2.05) is 42.5 Å². The van der Waals surface area contributed by atoms with Crippen LogP contribution in [-0.4, -0.2) is 10.9 Å². The van der Waals surface area contributed by atoms with E-state index < -0.39 is 0 Å². The number of ether oxygens (including phenoxy) is 2. The van der Waals surface area contributed by atoms with Gasteiger partial charge in [-0.15, -0.1) is 0 Å². The Bertz CT molecular complexity index is 1250. The van der Waals surface area contributed by atoms with Gasteiger partial charge in [-0.3, -0.25) is 0 Å². The lowest BCUT2D eigenvalue weighted by molar-refractivity contribution is -0.0297. The van der Waals surface area contributed by atoms with Gasteiger partial charge >= 0.3 is 0 Å². The molecule has 0 spiro atoms. The van der Waals surface area contributed by atoms with Crippen molar-refractivity contribution in [3.8, 4) is 17.2 Å². The molecule has 0 aliphatic rings. The fourth-order valence-electron chi connectivity index (χ4n) is 3.94. The maximum atomic E-state index is 6.20. The third-order valence-electron chi connectivity index (χ3n) is 5.47. The highest BCUT2D eigenvalue weighted by atomic mass is 16.7. The molecule has 0 radical (unpaired) electrons. The number of hydrogen-bond donors (Lipinski definition) is 0. The monoisotopic (exact) mass is 407 g/mol. The van der Waals surface area contributed by atoms with Crippen molar-refractivity contribution < 1.29 is 9.47 Å². The van der Waals surface area contributed by atoms with Gasteiger partial charge < -0.3 is 14.0 Å². The van der Waals surface area contributed by atoms with E-state index >= 15 is 0 Å². The van der Waals surface area contributed by atoms with Gasteiger partial charge in [0.25, 0.3) is 0 Å². The van der Waals surface area contributed by atoms with Gasteiger partial charge in [-0.25, -0.2) is 0 Å². The lowest BCUT2D eigenvalue weighted by Gasteiger charge is -2.23. The zero-order chi connectivity index (χ0) is 21.2. The Morgan fingerprint density at radius 3 is 1.58 bits per heavy atom. The van der Waals surface area contributed by atoms with Crippen LogP contribution in [0.25, 0.3) is 27.5 Å². The van der Waals surface area contributed by atoms with Gasteiger partial charge in [-0.2, -0.15) is 0 Å². The van der Waals surface area contributed by atoms with Gasteiger partial charge in [0.15, 0.2) is 0 Å². The molecule has 0 aliphatic carbocycles. The first-order chi connectivity index (χ1) is 15.2. The Hall–Kier alpha value is -3.72. The third kappa shape index (κ3) is 3.75. The summed E-state index contributed by atoms with van der Waals surface area (Å²) in [7, 11) is 0. The molecule has 154 valence electrons. The molecule has 0 amide bonds. The van der Waals surface area contributed by atoms with E-state index in [1.54, 1.807) is 0 Å². The summed E-state index contributed by atoms with van der Waals surface area (Å²) in [4.78, 5) is 0. The summed E-state index contributed by atoms with van der Waals surface area (Å²) in [6.45, 7) is 4.19. The molecule has 0 saturated heterocycles. The largest absolute Gasteiger partial charge is 0.455 e. The molecule has 5 aromatic rings. The predicted octanol–water partition coefficient (Wildman–Crippen LogP) is 7.22. The highest BCUT2D eigenvalue weighted by Crippen LogP contribution is 2.32. The Labute approximate surface area is 182 Å². The third-order valence-corrected chi connectivity index (χ3v) is 5.47. The van der Waals surface area contributed by atoms with Gasteiger partial charge in [0.2, 0.25) is 6.29 Å². The van der Waals surface area contributed by atoms with Crippen LogP contribution in [0, 0.1) is 5.92 Å². The molecule has 0 bridgehead atoms. The number of hydrogen-bond acceptors (Lipinski definition) is 2. The van der Waals surface area contributed by atoms with E-state index in [1.165, 1.54) is 21.8 Å². The first kappa shape index (κ1) is 19.3. The van der Waals surface area contributed by atoms with E-state index in [-0.39, 0.29) is 12.2 Å². The first-order valence-electron chi connectivity index (χ1n) is 10.7. The minimum absolute atomic E-state index is 0.206. The Morgan fingerprint density at radius 1 is 0.548 bits per heavy atom. The molecule has 0 aliphatic heterocycles. The average molecular weight is 408 g/mol. The Kier molecular flexibility index (Phi) is 5.09. The Morgan fingerprint density at radius 2 is 1.03 bits per heavy atom. The standard InChI is InChI=1S/C28H25NO2/c1-20(2)28(30-22-10-4-3-5-11-22)31-23-18-16-21(17-19-23)29-26-14-8-6-12-24(26)25-13-7-9-15-27(25)29/h3-20,28H,1-2H3. The summed E-state index contributed by atoms with van der Waals surface area (Å²) in [6.07, 6.45) is -0.360. The second-order valence-corrected chi connectivity index (χ2v) is 8.02. The SMILES string of the molecule is CC(C)C(Oc1ccccc1)Oc1ccc(-n2c3ccccc3c3ccccc32)cc1. The van der Waals surface area contributed by atoms with Gasteiger partial charge in [0.1, 0.15) is 11.5 Å². The van der Waals surface area contributed by atoms with E-state index in [0.717, 1.165) is 17.2 Å². The van der Waals surface area contributed by atoms with Crippen molar-refractivity contribution in [2.45, 2.75) is 20.1 Å². The van der Waals surface area contributed by atoms with Crippen LogP contribution in [0.15, 0.2) is 103 Å². The zero-order valence-electron chi connectivity index (χ0n) is 17.7. The smallest absolute Gasteiger partial charge is 0.243 e. The highest BCUT2D eigenvalue weighted by Gasteiger charge is 2.18. The molecule has 1 unspecified atom stereocenters. The molecule has 31 heavy (non-hydrogen) atoms. The summed E-state index contributed by atoms with van der Waals surface area (Å²) in [5.74, 6) is 1.81. The van der Waals surface area contributed by atoms with Crippen molar-refractivity contribution in [2.75, 3.05) is 0 Å². The van der Waals surface area contributed by atoms with Crippen LogP contribution in [0.5, 0.6) is 11.5 Å². The second kappa shape index (κ2) is 8.19. The molecule has 1 heterocycles. The quantitative estimate of drug-likeness (QED) is 0.277. The molecule has 0 saturated carbocycles. The number of benzene rings is 4. The number of nitrogens with zero attached hydrogens (tertiary/aromatic N) is 1. The predicted molar refractivity (Wildman–Crippen MR) is 127 cm³/mol. The van der Waals surface area contributed by atoms with E-state index in [2.05, 4.69) is 79.1 Å². The number of aromatic nitrogens is 1. The van der Waals surface area contributed by atoms with Gasteiger partial charge in [-0.05, 0) is 48.5 Å². The second-order valence-electron chi connectivity index (χ2n) is 8.02. The zero-order valence-corrected chi connectivity index (χ0v) is 17.7. The normalized spacial score (nSPS) is 12.4. The van der Waals surface area contributed by atoms with Crippen molar-refractivity contribution in [2.24, 2.45) is 5.92 Å². The van der Waals surface area contributed by atoms with Gasteiger partial charge in [-0.1, -0.05) is 68.4 Å². The Balaban J connectivity index is 1.46. The van der Waals surface area contributed by atoms with Crippen LogP contribution >= 0.6 is 0 Å². The lowest BCUT2D eigenvalue weighted by Crippen LogP contribution is -2.29. The molecule has 5 rings (SSSR count). The van der Waals surface area contributed by atoms with Gasteiger partial charge in [0, 0.05) is 22.4 Å². The number of rotatable bonds is 6. The minimum atomic E-state index is -0.360. The molecular weight excluding hydrogens is 382 g/mol. The topological polar surface area (TPSA) is 23.4 Å². The average Bonchev–Trinajstić information content (AvgIpc) is 3.14. The summed E-state index contributed by atoms with van der Waals surface area (Å²) >= 11 is 0. The molecule has 0 fully saturated rings. The molecule has 4 aromatic carbocycles. The summed E-state index contributed by atoms with van der Waals surface area (Å²) in [6, 6.07) is 35.1. The van der Waals surface area contributed by atoms with Crippen molar-refractivity contribution in [1.82, 2.24) is 4.57 Å². The van der Waals surface area contributed by atoms with Crippen LogP contribution in [-0.2, 0) is 0 Å². The van der Waals surface area contributed by atoms with Crippen LogP contribution in [0.2, 0.25) is 0 Å². The van der Waals surface area contributed by atoms with E-state index in [4.69, 9.17) is 9.47 Å². The molecule has 3 nitrogen and oxygen atoms in total. The summed E-state index contributed by atoms with van der Waals surface area (Å²) < 4.78 is 14.6. The molecular formula is C28H25NO2. The first-order valence-corrected chi connectivity index (χ1v) is 10.7. The van der Waals surface area contributed by atoms with E-state index in [9.17, 15) is 0 Å². The van der Waals surface area contributed by atoms with Crippen molar-refractivity contribution >= 4 is 21.8 Å². The summed E-state index contributed by atoms with van der Waals surface area (Å²) in [5, 5.41) is 2.52. The lowest BCUT2D eigenvalue weighted by atomic mass is 10.2. The van der Waals surface area contributed by atoms with E-state index in [0.29, 0.717) is 0 Å².